The van der Waals surface area contributed by atoms with E-state index in [0.29, 0.717) is 32.4 Å². The molecule has 0 bridgehead atoms. The van der Waals surface area contributed by atoms with Crippen molar-refractivity contribution in [2.45, 2.75) is 51.1 Å². The zero-order chi connectivity index (χ0) is 20.2. The second kappa shape index (κ2) is 8.59. The lowest BCUT2D eigenvalue weighted by Crippen LogP contribution is -2.44. The maximum atomic E-state index is 12.6. The quantitative estimate of drug-likeness (QED) is 0.479. The number of nitrogens with one attached hydrogen (secondary N) is 2. The third-order valence-corrected chi connectivity index (χ3v) is 7.08. The molecule has 9 heteroatoms. The number of imide groups is 1. The maximum absolute atomic E-state index is 12.6. The third-order valence-electron chi connectivity index (χ3n) is 5.44. The van der Waals surface area contributed by atoms with Crippen LogP contribution >= 0.6 is 0 Å². The Labute approximate surface area is 166 Å². The molecule has 2 aliphatic rings. The summed E-state index contributed by atoms with van der Waals surface area (Å²) in [5, 5.41) is 2.83. The first-order valence-electron chi connectivity index (χ1n) is 9.81. The van der Waals surface area contributed by atoms with Crippen LogP contribution in [-0.4, -0.2) is 54.7 Å². The number of amides is 3. The molecule has 1 aliphatic carbocycles. The highest BCUT2D eigenvalue weighted by molar-refractivity contribution is 7.87. The minimum absolute atomic E-state index is 0.164. The Hall–Kier alpha value is -1.97. The molecule has 28 heavy (non-hydrogen) atoms. The van der Waals surface area contributed by atoms with Crippen LogP contribution in [0.4, 0.5) is 4.79 Å². The minimum Gasteiger partial charge on any atom is -0.323 e. The largest absolute Gasteiger partial charge is 0.325 e. The van der Waals surface area contributed by atoms with E-state index < -0.39 is 15.7 Å². The monoisotopic (exact) mass is 408 g/mol. The highest BCUT2D eigenvalue weighted by atomic mass is 32.2. The van der Waals surface area contributed by atoms with Crippen LogP contribution in [0.25, 0.3) is 0 Å². The Balaban J connectivity index is 1.49. The van der Waals surface area contributed by atoms with Gasteiger partial charge < -0.3 is 5.32 Å². The average Bonchev–Trinajstić information content (AvgIpc) is 3.23. The first kappa shape index (κ1) is 20.8. The molecule has 2 fully saturated rings. The van der Waals surface area contributed by atoms with Gasteiger partial charge in [-0.2, -0.15) is 12.7 Å². The van der Waals surface area contributed by atoms with Crippen LogP contribution in [-0.2, 0) is 21.5 Å². The molecular weight excluding hydrogens is 380 g/mol. The topological polar surface area (TPSA) is 98.8 Å². The van der Waals surface area contributed by atoms with Gasteiger partial charge in [-0.15, -0.1) is 0 Å². The van der Waals surface area contributed by atoms with E-state index in [4.69, 9.17) is 0 Å². The van der Waals surface area contributed by atoms with Gasteiger partial charge in [0.15, 0.2) is 0 Å². The van der Waals surface area contributed by atoms with Gasteiger partial charge in [0, 0.05) is 26.2 Å². The zero-order valence-corrected chi connectivity index (χ0v) is 17.0. The lowest BCUT2D eigenvalue weighted by molar-refractivity contribution is -0.131. The normalized spacial score (nSPS) is 19.0. The average molecular weight is 409 g/mol. The molecule has 3 rings (SSSR count). The van der Waals surface area contributed by atoms with E-state index in [1.165, 1.54) is 9.21 Å². The van der Waals surface area contributed by atoms with E-state index in [-0.39, 0.29) is 25.0 Å². The van der Waals surface area contributed by atoms with Crippen LogP contribution in [0.1, 0.15) is 44.6 Å². The first-order valence-corrected chi connectivity index (χ1v) is 11.2. The predicted molar refractivity (Wildman–Crippen MR) is 106 cm³/mol. The highest BCUT2D eigenvalue weighted by Crippen LogP contribution is 2.34. The van der Waals surface area contributed by atoms with Crippen LogP contribution in [0.15, 0.2) is 30.3 Å². The summed E-state index contributed by atoms with van der Waals surface area (Å²) in [5.41, 5.74) is 0.196. The number of nitrogens with zero attached hydrogens (tertiary/aromatic N) is 2. The molecule has 0 aromatic heterocycles. The summed E-state index contributed by atoms with van der Waals surface area (Å²) in [4.78, 5) is 25.9. The molecule has 1 aromatic carbocycles. The van der Waals surface area contributed by atoms with Crippen molar-refractivity contribution >= 4 is 22.1 Å². The van der Waals surface area contributed by atoms with Gasteiger partial charge in [-0.1, -0.05) is 50.1 Å². The summed E-state index contributed by atoms with van der Waals surface area (Å²) < 4.78 is 29.0. The van der Waals surface area contributed by atoms with Crippen LogP contribution in [0.5, 0.6) is 0 Å². The lowest BCUT2D eigenvalue weighted by atomic mass is 9.98. The van der Waals surface area contributed by atoms with Crippen molar-refractivity contribution in [1.29, 1.82) is 0 Å². The maximum Gasteiger partial charge on any atom is 0.325 e. The second-order valence-corrected chi connectivity index (χ2v) is 9.10. The van der Waals surface area contributed by atoms with Crippen LogP contribution in [0, 0.1) is 0 Å². The molecule has 8 nitrogen and oxygen atoms in total. The van der Waals surface area contributed by atoms with Gasteiger partial charge in [0.2, 0.25) is 0 Å². The molecule has 154 valence electrons. The summed E-state index contributed by atoms with van der Waals surface area (Å²) in [7, 11) is -3.64. The summed E-state index contributed by atoms with van der Waals surface area (Å²) in [6.45, 7) is 2.80. The second-order valence-electron chi connectivity index (χ2n) is 7.34. The van der Waals surface area contributed by atoms with Crippen molar-refractivity contribution in [1.82, 2.24) is 19.2 Å². The zero-order valence-electron chi connectivity index (χ0n) is 16.2. The summed E-state index contributed by atoms with van der Waals surface area (Å²) in [6.07, 6.45) is 3.62. The SMILES string of the molecule is CCN(Cc1ccccc1)S(=O)(=O)NCCCN1C(=O)NC2(CCCC2)C1=O. The molecule has 1 aliphatic heterocycles. The Morgan fingerprint density at radius 1 is 1.18 bits per heavy atom. The predicted octanol–water partition coefficient (Wildman–Crippen LogP) is 1.60. The Morgan fingerprint density at radius 2 is 1.86 bits per heavy atom. The van der Waals surface area contributed by atoms with Crippen LogP contribution in [0.3, 0.4) is 0 Å². The Bertz CT molecular complexity index is 806. The molecule has 1 saturated heterocycles. The van der Waals surface area contributed by atoms with E-state index in [2.05, 4.69) is 10.0 Å². The van der Waals surface area contributed by atoms with Gasteiger partial charge in [-0.3, -0.25) is 9.69 Å². The van der Waals surface area contributed by atoms with Gasteiger partial charge in [0.25, 0.3) is 16.1 Å². The van der Waals surface area contributed by atoms with Crippen molar-refractivity contribution in [3.05, 3.63) is 35.9 Å². The number of urea groups is 1. The third kappa shape index (κ3) is 4.37. The number of hydrogen-bond acceptors (Lipinski definition) is 4. The molecule has 3 amide bonds. The van der Waals surface area contributed by atoms with Crippen LogP contribution < -0.4 is 10.0 Å². The Kier molecular flexibility index (Phi) is 6.36. The highest BCUT2D eigenvalue weighted by Gasteiger charge is 2.51. The first-order chi connectivity index (χ1) is 13.4. The standard InChI is InChI=1S/C19H28N4O4S/c1-2-22(15-16-9-4-3-5-10-16)28(26,27)20-13-8-14-23-17(24)19(21-18(23)25)11-6-7-12-19/h3-5,9-10,20H,2,6-8,11-15H2,1H3,(H,21,25). The number of carbonyl (C=O) groups is 2. The van der Waals surface area contributed by atoms with Crippen molar-refractivity contribution in [2.75, 3.05) is 19.6 Å². The number of carbonyl (C=O) groups excluding carboxylic acids is 2. The van der Waals surface area contributed by atoms with E-state index >= 15 is 0 Å². The van der Waals surface area contributed by atoms with E-state index in [9.17, 15) is 18.0 Å². The fourth-order valence-corrected chi connectivity index (χ4v) is 5.12. The van der Waals surface area contributed by atoms with Gasteiger partial charge in [0.05, 0.1) is 0 Å². The summed E-state index contributed by atoms with van der Waals surface area (Å²) in [6, 6.07) is 9.03. The summed E-state index contributed by atoms with van der Waals surface area (Å²) >= 11 is 0. The fourth-order valence-electron chi connectivity index (χ4n) is 3.88. The van der Waals surface area contributed by atoms with Crippen molar-refractivity contribution in [3.63, 3.8) is 0 Å². The van der Waals surface area contributed by atoms with Crippen molar-refractivity contribution in [3.8, 4) is 0 Å². The fraction of sp³-hybridized carbons (Fsp3) is 0.579. The van der Waals surface area contributed by atoms with Gasteiger partial charge in [-0.25, -0.2) is 9.52 Å². The molecule has 1 saturated carbocycles. The molecule has 1 heterocycles. The van der Waals surface area contributed by atoms with Gasteiger partial charge in [0.1, 0.15) is 5.54 Å². The number of rotatable bonds is 9. The van der Waals surface area contributed by atoms with Crippen molar-refractivity contribution in [2.24, 2.45) is 0 Å². The van der Waals surface area contributed by atoms with E-state index in [1.807, 2.05) is 30.3 Å². The van der Waals surface area contributed by atoms with Gasteiger partial charge in [-0.05, 0) is 24.8 Å². The minimum atomic E-state index is -3.64. The Morgan fingerprint density at radius 3 is 2.50 bits per heavy atom. The number of benzene rings is 1. The van der Waals surface area contributed by atoms with Crippen molar-refractivity contribution < 1.29 is 18.0 Å². The summed E-state index contributed by atoms with van der Waals surface area (Å²) in [5.74, 6) is -0.169. The van der Waals surface area contributed by atoms with E-state index in [1.54, 1.807) is 6.92 Å². The number of hydrogen-bond donors (Lipinski definition) is 2. The molecule has 0 radical (unpaired) electrons. The smallest absolute Gasteiger partial charge is 0.323 e. The molecular formula is C19H28N4O4S. The molecule has 0 atom stereocenters. The molecule has 1 aromatic rings. The van der Waals surface area contributed by atoms with Crippen LogP contribution in [0.2, 0.25) is 0 Å². The molecule has 0 unspecified atom stereocenters. The molecule has 2 N–H and O–H groups in total. The van der Waals surface area contributed by atoms with E-state index in [0.717, 1.165) is 18.4 Å². The lowest BCUT2D eigenvalue weighted by Gasteiger charge is -2.22. The molecule has 1 spiro atoms. The van der Waals surface area contributed by atoms with Gasteiger partial charge >= 0.3 is 6.03 Å².